The van der Waals surface area contributed by atoms with E-state index in [-0.39, 0.29) is 18.0 Å². The first-order valence-electron chi connectivity index (χ1n) is 6.55. The maximum atomic E-state index is 12.0. The number of carbonyl (C=O) groups excluding carboxylic acids is 2. The summed E-state index contributed by atoms with van der Waals surface area (Å²) in [6, 6.07) is 7.76. The van der Waals surface area contributed by atoms with Crippen LogP contribution in [-0.4, -0.2) is 23.3 Å². The lowest BCUT2D eigenvalue weighted by atomic mass is 9.94. The summed E-state index contributed by atoms with van der Waals surface area (Å²) in [7, 11) is 0. The lowest BCUT2D eigenvalue weighted by Gasteiger charge is -2.28. The van der Waals surface area contributed by atoms with Crippen molar-refractivity contribution >= 4 is 23.2 Å². The Kier molecular flexibility index (Phi) is 3.15. The number of nitrogens with one attached hydrogen (secondary N) is 4. The number of hydrogen-bond donors (Lipinski definition) is 4. The molecule has 1 aromatic carbocycles. The van der Waals surface area contributed by atoms with Crippen molar-refractivity contribution in [1.82, 2.24) is 21.2 Å². The Labute approximate surface area is 115 Å². The normalized spacial score (nSPS) is 21.2. The highest BCUT2D eigenvalue weighted by molar-refractivity contribution is 5.88. The van der Waals surface area contributed by atoms with Gasteiger partial charge in [0.05, 0.1) is 6.04 Å². The number of H-pyrrole nitrogens is 1. The third-order valence-corrected chi connectivity index (χ3v) is 3.71. The molecule has 2 amide bonds. The van der Waals surface area contributed by atoms with Gasteiger partial charge in [0, 0.05) is 22.6 Å². The number of amides is 2. The Morgan fingerprint density at radius 3 is 3.00 bits per heavy atom. The average Bonchev–Trinajstić information content (AvgIpc) is 2.84. The number of rotatable bonds is 3. The Balaban J connectivity index is 1.93. The smallest absolute Gasteiger partial charge is 0.255 e. The van der Waals surface area contributed by atoms with Crippen molar-refractivity contribution in [2.75, 3.05) is 0 Å². The third-order valence-electron chi connectivity index (χ3n) is 3.71. The fourth-order valence-corrected chi connectivity index (χ4v) is 2.81. The SMILES string of the molecule is CC1NC(C(=O)NNC=O)Cc2c1[nH]c1ccccc21. The third kappa shape index (κ3) is 2.04. The van der Waals surface area contributed by atoms with Crippen molar-refractivity contribution in [2.24, 2.45) is 0 Å². The van der Waals surface area contributed by atoms with Gasteiger partial charge in [-0.2, -0.15) is 0 Å². The van der Waals surface area contributed by atoms with Gasteiger partial charge in [-0.05, 0) is 25.0 Å². The average molecular weight is 272 g/mol. The minimum Gasteiger partial charge on any atom is -0.357 e. The van der Waals surface area contributed by atoms with Crippen molar-refractivity contribution in [2.45, 2.75) is 25.4 Å². The fourth-order valence-electron chi connectivity index (χ4n) is 2.81. The van der Waals surface area contributed by atoms with Gasteiger partial charge in [0.1, 0.15) is 0 Å². The molecular formula is C14H16N4O2. The Morgan fingerprint density at radius 1 is 1.40 bits per heavy atom. The number of para-hydroxylation sites is 1. The minimum atomic E-state index is -0.357. The summed E-state index contributed by atoms with van der Waals surface area (Å²) in [6.45, 7) is 2.01. The van der Waals surface area contributed by atoms with Crippen molar-refractivity contribution in [1.29, 1.82) is 0 Å². The van der Waals surface area contributed by atoms with E-state index >= 15 is 0 Å². The Hall–Kier alpha value is -2.34. The van der Waals surface area contributed by atoms with E-state index in [1.807, 2.05) is 25.1 Å². The lowest BCUT2D eigenvalue weighted by molar-refractivity contribution is -0.126. The fraction of sp³-hybridized carbons (Fsp3) is 0.286. The molecule has 0 spiro atoms. The van der Waals surface area contributed by atoms with Crippen LogP contribution >= 0.6 is 0 Å². The molecule has 0 saturated heterocycles. The molecule has 0 saturated carbocycles. The minimum absolute atomic E-state index is 0.0538. The van der Waals surface area contributed by atoms with Crippen LogP contribution < -0.4 is 16.2 Å². The van der Waals surface area contributed by atoms with Crippen molar-refractivity contribution in [3.8, 4) is 0 Å². The van der Waals surface area contributed by atoms with E-state index in [2.05, 4.69) is 27.2 Å². The van der Waals surface area contributed by atoms with E-state index in [0.29, 0.717) is 12.8 Å². The maximum absolute atomic E-state index is 12.0. The number of aromatic nitrogens is 1. The van der Waals surface area contributed by atoms with Crippen molar-refractivity contribution in [3.05, 3.63) is 35.5 Å². The maximum Gasteiger partial charge on any atom is 0.255 e. The Morgan fingerprint density at radius 2 is 2.20 bits per heavy atom. The molecular weight excluding hydrogens is 256 g/mol. The second-order valence-corrected chi connectivity index (χ2v) is 4.96. The second kappa shape index (κ2) is 4.97. The van der Waals surface area contributed by atoms with E-state index in [1.165, 1.54) is 0 Å². The standard InChI is InChI=1S/C14H16N4O2/c1-8-13-10(9-4-2-3-5-11(9)17-13)6-12(16-8)14(20)18-15-7-19/h2-5,7-8,12,16-17H,6H2,1H3,(H,15,19)(H,18,20). The molecule has 2 heterocycles. The molecule has 1 aromatic heterocycles. The summed E-state index contributed by atoms with van der Waals surface area (Å²) in [4.78, 5) is 25.6. The zero-order valence-corrected chi connectivity index (χ0v) is 11.1. The topological polar surface area (TPSA) is 86.0 Å². The zero-order valence-electron chi connectivity index (χ0n) is 11.1. The van der Waals surface area contributed by atoms with Crippen molar-refractivity contribution in [3.63, 3.8) is 0 Å². The van der Waals surface area contributed by atoms with Gasteiger partial charge in [0.15, 0.2) is 0 Å². The highest BCUT2D eigenvalue weighted by Gasteiger charge is 2.30. The van der Waals surface area contributed by atoms with Gasteiger partial charge in [0.25, 0.3) is 5.91 Å². The quantitative estimate of drug-likeness (QED) is 0.485. The van der Waals surface area contributed by atoms with Crippen LogP contribution in [0.3, 0.4) is 0 Å². The zero-order chi connectivity index (χ0) is 14.1. The predicted octanol–water partition coefficient (Wildman–Crippen LogP) is 0.520. The van der Waals surface area contributed by atoms with E-state index in [1.54, 1.807) is 0 Å². The summed E-state index contributed by atoms with van der Waals surface area (Å²) in [6.07, 6.45) is 1.04. The first-order valence-corrected chi connectivity index (χ1v) is 6.55. The molecule has 2 aromatic rings. The lowest BCUT2D eigenvalue weighted by Crippen LogP contribution is -2.52. The molecule has 2 unspecified atom stereocenters. The van der Waals surface area contributed by atoms with Crippen LogP contribution in [0.15, 0.2) is 24.3 Å². The number of hydrazine groups is 1. The highest BCUT2D eigenvalue weighted by atomic mass is 16.2. The molecule has 0 bridgehead atoms. The molecule has 6 heteroatoms. The summed E-state index contributed by atoms with van der Waals surface area (Å²) in [5.41, 5.74) is 7.92. The number of benzene rings is 1. The van der Waals surface area contributed by atoms with Crippen LogP contribution in [0.25, 0.3) is 10.9 Å². The van der Waals surface area contributed by atoms with E-state index in [0.717, 1.165) is 22.2 Å². The largest absolute Gasteiger partial charge is 0.357 e. The summed E-state index contributed by atoms with van der Waals surface area (Å²) in [5.74, 6) is -0.236. The molecule has 104 valence electrons. The van der Waals surface area contributed by atoms with Crippen LogP contribution in [0, 0.1) is 0 Å². The molecule has 0 fully saturated rings. The summed E-state index contributed by atoms with van der Waals surface area (Å²) >= 11 is 0. The van der Waals surface area contributed by atoms with Crippen LogP contribution in [0.4, 0.5) is 0 Å². The van der Waals surface area contributed by atoms with Gasteiger partial charge in [0.2, 0.25) is 6.41 Å². The van der Waals surface area contributed by atoms with Gasteiger partial charge in [-0.25, -0.2) is 0 Å². The Bertz CT molecular complexity index is 664. The second-order valence-electron chi connectivity index (χ2n) is 4.96. The molecule has 2 atom stereocenters. The summed E-state index contributed by atoms with van der Waals surface area (Å²) < 4.78 is 0. The molecule has 1 aliphatic heterocycles. The number of fused-ring (bicyclic) bond motifs is 3. The van der Waals surface area contributed by atoms with E-state index in [9.17, 15) is 9.59 Å². The first kappa shape index (κ1) is 12.7. The highest BCUT2D eigenvalue weighted by Crippen LogP contribution is 2.31. The predicted molar refractivity (Wildman–Crippen MR) is 74.7 cm³/mol. The van der Waals surface area contributed by atoms with E-state index in [4.69, 9.17) is 0 Å². The van der Waals surface area contributed by atoms with Gasteiger partial charge in [-0.1, -0.05) is 18.2 Å². The number of carbonyl (C=O) groups is 2. The van der Waals surface area contributed by atoms with E-state index < -0.39 is 0 Å². The van der Waals surface area contributed by atoms with Gasteiger partial charge in [-0.15, -0.1) is 0 Å². The van der Waals surface area contributed by atoms with Gasteiger partial charge < -0.3 is 4.98 Å². The first-order chi connectivity index (χ1) is 9.70. The molecule has 4 N–H and O–H groups in total. The van der Waals surface area contributed by atoms with Crippen LogP contribution in [0.2, 0.25) is 0 Å². The van der Waals surface area contributed by atoms with Gasteiger partial charge in [-0.3, -0.25) is 25.8 Å². The van der Waals surface area contributed by atoms with Crippen LogP contribution in [0.5, 0.6) is 0 Å². The van der Waals surface area contributed by atoms with Crippen LogP contribution in [-0.2, 0) is 16.0 Å². The van der Waals surface area contributed by atoms with Crippen molar-refractivity contribution < 1.29 is 9.59 Å². The molecule has 3 rings (SSSR count). The summed E-state index contributed by atoms with van der Waals surface area (Å²) in [5, 5.41) is 4.39. The monoisotopic (exact) mass is 272 g/mol. The molecule has 6 nitrogen and oxygen atoms in total. The molecule has 20 heavy (non-hydrogen) atoms. The number of hydrogen-bond acceptors (Lipinski definition) is 3. The molecule has 1 aliphatic rings. The number of aromatic amines is 1. The molecule has 0 aliphatic carbocycles. The van der Waals surface area contributed by atoms with Gasteiger partial charge >= 0.3 is 0 Å². The molecule has 0 radical (unpaired) electrons. The van der Waals surface area contributed by atoms with Crippen LogP contribution in [0.1, 0.15) is 24.2 Å².